The van der Waals surface area contributed by atoms with Crippen LogP contribution in [0.4, 0.5) is 0 Å². The summed E-state index contributed by atoms with van der Waals surface area (Å²) < 4.78 is 29.9. The van der Waals surface area contributed by atoms with E-state index in [4.69, 9.17) is 23.7 Å². The van der Waals surface area contributed by atoms with Crippen molar-refractivity contribution in [2.45, 2.75) is 172 Å². The van der Waals surface area contributed by atoms with Gasteiger partial charge in [-0.1, -0.05) is 34.1 Å². The lowest BCUT2D eigenvalue weighted by molar-refractivity contribution is -0.344. The minimum Gasteiger partial charge on any atom is -0.478 e. The molecule has 3 heterocycles. The van der Waals surface area contributed by atoms with E-state index in [9.17, 15) is 50.4 Å². The van der Waals surface area contributed by atoms with Gasteiger partial charge in [0, 0.05) is 5.92 Å². The number of carboxylic acid groups (broad SMARTS) is 1. The van der Waals surface area contributed by atoms with Gasteiger partial charge < -0.3 is 64.5 Å². The van der Waals surface area contributed by atoms with Crippen molar-refractivity contribution in [1.29, 1.82) is 0 Å². The zero-order valence-corrected chi connectivity index (χ0v) is 33.3. The lowest BCUT2D eigenvalue weighted by atomic mass is 9.31. The molecule has 0 amide bonds. The Labute approximate surface area is 328 Å². The lowest BCUT2D eigenvalue weighted by Gasteiger charge is -2.74. The average molecular weight is 797 g/mol. The Kier molecular flexibility index (Phi) is 9.95. The van der Waals surface area contributed by atoms with E-state index in [2.05, 4.69) is 27.7 Å². The minimum absolute atomic E-state index is 0.111. The molecule has 8 aliphatic rings. The normalized spacial score (nSPS) is 57.7. The van der Waals surface area contributed by atoms with E-state index in [0.717, 1.165) is 44.9 Å². The first kappa shape index (κ1) is 41.2. The Morgan fingerprint density at radius 3 is 1.98 bits per heavy atom. The maximum atomic E-state index is 14.3. The number of hydrogen-bond donors (Lipinski definition) is 8. The highest BCUT2D eigenvalue weighted by Crippen LogP contribution is 2.80. The van der Waals surface area contributed by atoms with Crippen molar-refractivity contribution in [3.05, 3.63) is 0 Å². The summed E-state index contributed by atoms with van der Waals surface area (Å²) in [7, 11) is 0. The third-order valence-corrected chi connectivity index (χ3v) is 18.2. The number of aliphatic hydroxyl groups excluding tert-OH is 6. The number of carbonyl (C=O) groups is 2. The van der Waals surface area contributed by atoms with Crippen LogP contribution in [-0.4, -0.2) is 139 Å². The SMILES string of the molecule is C[C@]1(CO[C@@H]2O[C@H](CO)[C@@H](O)[C@H](O)[C@H]2O[C@@H]2O[C@@H](CO)[C@H](O)[C@H]2O)CCC[C@@]2(C)C1CC[C@]1(C)C2CC[C@@H]2[C@]34CC[C@H]([C@](C)(C(=O)O)OC3=O)[C@]4(O)CC[C@]21C. The third kappa shape index (κ3) is 5.21. The molecule has 8 rings (SSSR count). The van der Waals surface area contributed by atoms with Gasteiger partial charge in [-0.2, -0.15) is 0 Å². The number of fused-ring (bicyclic) bond motifs is 5. The molecule has 3 aliphatic heterocycles. The number of aliphatic hydroxyl groups is 7. The molecular weight excluding hydrogens is 732 g/mol. The van der Waals surface area contributed by atoms with Gasteiger partial charge in [-0.25, -0.2) is 4.79 Å². The number of esters is 1. The number of aliphatic carboxylic acids is 1. The van der Waals surface area contributed by atoms with Crippen molar-refractivity contribution in [2.24, 2.45) is 50.7 Å². The molecule has 0 aromatic rings. The predicted octanol–water partition coefficient (Wildman–Crippen LogP) is 1.23. The maximum absolute atomic E-state index is 14.3. The molecule has 0 radical (unpaired) electrons. The zero-order valence-electron chi connectivity index (χ0n) is 33.3. The fourth-order valence-electron chi connectivity index (χ4n) is 15.2. The van der Waals surface area contributed by atoms with E-state index in [1.165, 1.54) is 6.92 Å². The number of hydrogen-bond acceptors (Lipinski definition) is 14. The zero-order chi connectivity index (χ0) is 40.6. The second-order valence-electron chi connectivity index (χ2n) is 20.2. The van der Waals surface area contributed by atoms with E-state index in [1.807, 2.05) is 0 Å². The molecule has 0 aromatic heterocycles. The Morgan fingerprint density at radius 2 is 1.32 bits per heavy atom. The van der Waals surface area contributed by atoms with Gasteiger partial charge in [0.2, 0.25) is 5.60 Å². The summed E-state index contributed by atoms with van der Waals surface area (Å²) in [5.41, 5.74) is -5.28. The first-order chi connectivity index (χ1) is 26.2. The molecule has 5 aliphatic carbocycles. The molecular formula is C41H64O15. The average Bonchev–Trinajstić information content (AvgIpc) is 3.57. The highest BCUT2D eigenvalue weighted by Gasteiger charge is 2.82. The van der Waals surface area contributed by atoms with Gasteiger partial charge in [-0.3, -0.25) is 4.79 Å². The number of cyclic esters (lactones) is 1. The van der Waals surface area contributed by atoms with Crippen LogP contribution >= 0.6 is 0 Å². The molecule has 56 heavy (non-hydrogen) atoms. The predicted molar refractivity (Wildman–Crippen MR) is 193 cm³/mol. The highest BCUT2D eigenvalue weighted by molar-refractivity contribution is 5.89. The molecule has 15 heteroatoms. The van der Waals surface area contributed by atoms with E-state index in [1.54, 1.807) is 0 Å². The largest absolute Gasteiger partial charge is 0.478 e. The molecule has 20 atom stereocenters. The van der Waals surface area contributed by atoms with Crippen LogP contribution in [0.25, 0.3) is 0 Å². The molecule has 8 fully saturated rings. The number of carboxylic acids is 1. The number of carbonyl (C=O) groups excluding carboxylic acids is 1. The quantitative estimate of drug-likeness (QED) is 0.161. The van der Waals surface area contributed by atoms with Gasteiger partial charge in [0.15, 0.2) is 12.6 Å². The van der Waals surface area contributed by atoms with E-state index >= 15 is 0 Å². The van der Waals surface area contributed by atoms with Gasteiger partial charge in [-0.15, -0.1) is 0 Å². The van der Waals surface area contributed by atoms with Crippen LogP contribution in [0, 0.1) is 50.7 Å². The summed E-state index contributed by atoms with van der Waals surface area (Å²) >= 11 is 0. The van der Waals surface area contributed by atoms with E-state index in [0.29, 0.717) is 31.6 Å². The first-order valence-electron chi connectivity index (χ1n) is 20.9. The van der Waals surface area contributed by atoms with Gasteiger partial charge in [0.25, 0.3) is 0 Å². The molecule has 318 valence electrons. The third-order valence-electron chi connectivity index (χ3n) is 18.2. The van der Waals surface area contributed by atoms with Crippen LogP contribution in [0.15, 0.2) is 0 Å². The Bertz CT molecular complexity index is 1560. The topological polar surface area (TPSA) is 242 Å². The van der Waals surface area contributed by atoms with Crippen molar-refractivity contribution < 1.29 is 74.1 Å². The molecule has 5 saturated carbocycles. The Balaban J connectivity index is 1.04. The van der Waals surface area contributed by atoms with Gasteiger partial charge in [0.05, 0.1) is 25.4 Å². The van der Waals surface area contributed by atoms with E-state index in [-0.39, 0.29) is 40.1 Å². The number of rotatable bonds is 8. The van der Waals surface area contributed by atoms with Crippen molar-refractivity contribution in [3.63, 3.8) is 0 Å². The number of ether oxygens (including phenoxy) is 5. The van der Waals surface area contributed by atoms with Crippen LogP contribution in [-0.2, 0) is 33.3 Å². The van der Waals surface area contributed by atoms with Crippen LogP contribution in [0.3, 0.4) is 0 Å². The van der Waals surface area contributed by atoms with Crippen molar-refractivity contribution in [3.8, 4) is 0 Å². The van der Waals surface area contributed by atoms with Crippen LogP contribution in [0.1, 0.15) is 105 Å². The second kappa shape index (κ2) is 13.5. The second-order valence-corrected chi connectivity index (χ2v) is 20.2. The Hall–Kier alpha value is -1.50. The van der Waals surface area contributed by atoms with Crippen molar-refractivity contribution in [1.82, 2.24) is 0 Å². The summed E-state index contributed by atoms with van der Waals surface area (Å²) in [6.45, 7) is 9.84. The molecule has 2 bridgehead atoms. The Morgan fingerprint density at radius 1 is 0.714 bits per heavy atom. The standard InChI is InChI=1S/C41H64O15/c1-35(19-52-32-30(28(46)26(44)20(17-42)54-32)55-31-29(47)27(45)21(18-43)53-31)11-6-12-36(2)22(35)9-13-37(3)23(36)7-8-24-38(37,4)15-16-41(51)25-10-14-40(24,41)34(50)56-39(25,5)33(48)49/h20-32,42-47,51H,6-19H2,1-5H3,(H,48,49)/t20-,21+,22?,23?,24+,25-,26-,27+,28+,29-,30-,31+,32-,35-,36+,37-,38-,39-,40-,41-/m1/s1. The van der Waals surface area contributed by atoms with Crippen LogP contribution < -0.4 is 0 Å². The van der Waals surface area contributed by atoms with Gasteiger partial charge in [-0.05, 0) is 111 Å². The fourth-order valence-corrected chi connectivity index (χ4v) is 15.2. The molecule has 8 N–H and O–H groups in total. The van der Waals surface area contributed by atoms with E-state index < -0.39 is 103 Å². The fraction of sp³-hybridized carbons (Fsp3) is 0.951. The summed E-state index contributed by atoms with van der Waals surface area (Å²) in [5, 5.41) is 85.2. The summed E-state index contributed by atoms with van der Waals surface area (Å²) in [4.78, 5) is 26.7. The monoisotopic (exact) mass is 796 g/mol. The minimum atomic E-state index is -1.76. The maximum Gasteiger partial charge on any atom is 0.348 e. The highest BCUT2D eigenvalue weighted by atomic mass is 16.8. The molecule has 3 saturated heterocycles. The molecule has 2 unspecified atom stereocenters. The van der Waals surface area contributed by atoms with Crippen molar-refractivity contribution in [2.75, 3.05) is 19.8 Å². The van der Waals surface area contributed by atoms with Gasteiger partial charge in [0.1, 0.15) is 48.1 Å². The van der Waals surface area contributed by atoms with Crippen LogP contribution in [0.5, 0.6) is 0 Å². The molecule has 0 spiro atoms. The smallest absolute Gasteiger partial charge is 0.348 e. The van der Waals surface area contributed by atoms with Crippen LogP contribution in [0.2, 0.25) is 0 Å². The lowest BCUT2D eigenvalue weighted by Crippen LogP contribution is -2.75. The first-order valence-corrected chi connectivity index (χ1v) is 20.9. The summed E-state index contributed by atoms with van der Waals surface area (Å²) in [5.74, 6) is -2.06. The molecule has 15 nitrogen and oxygen atoms in total. The van der Waals surface area contributed by atoms with Gasteiger partial charge >= 0.3 is 11.9 Å². The summed E-state index contributed by atoms with van der Waals surface area (Å²) in [6.07, 6.45) is -4.35. The molecule has 0 aromatic carbocycles. The summed E-state index contributed by atoms with van der Waals surface area (Å²) in [6, 6.07) is 0. The van der Waals surface area contributed by atoms with Crippen molar-refractivity contribution >= 4 is 11.9 Å².